The van der Waals surface area contributed by atoms with Crippen molar-refractivity contribution >= 4 is 6.08 Å². The second kappa shape index (κ2) is 6.20. The highest BCUT2D eigenvalue weighted by molar-refractivity contribution is 5.48. The molecule has 0 amide bonds. The van der Waals surface area contributed by atoms with Crippen LogP contribution in [0.2, 0.25) is 0 Å². The average Bonchev–Trinajstić information content (AvgIpc) is 2.29. The Bertz CT molecular complexity index is 313. The number of hydrogen-bond acceptors (Lipinski definition) is 1. The standard InChI is InChI=1S/C14H18O/c1-3-12(2)14(15)11-7-10-13-8-5-4-6-9-13/h3-10,12,14-15H,1,11H2,2H3/b10-7+/t12-,14-/m0/s1. The van der Waals surface area contributed by atoms with Gasteiger partial charge in [0.15, 0.2) is 0 Å². The average molecular weight is 202 g/mol. The van der Waals surface area contributed by atoms with Gasteiger partial charge in [-0.3, -0.25) is 0 Å². The molecule has 0 aliphatic rings. The van der Waals surface area contributed by atoms with Crippen molar-refractivity contribution in [2.45, 2.75) is 19.4 Å². The largest absolute Gasteiger partial charge is 0.392 e. The normalized spacial score (nSPS) is 15.1. The Morgan fingerprint density at radius 2 is 2.00 bits per heavy atom. The van der Waals surface area contributed by atoms with E-state index < -0.39 is 0 Å². The molecule has 0 fully saturated rings. The zero-order valence-corrected chi connectivity index (χ0v) is 9.13. The van der Waals surface area contributed by atoms with Crippen LogP contribution < -0.4 is 0 Å². The highest BCUT2D eigenvalue weighted by Crippen LogP contribution is 2.10. The van der Waals surface area contributed by atoms with E-state index in [1.54, 1.807) is 6.08 Å². The van der Waals surface area contributed by atoms with Gasteiger partial charge in [0.05, 0.1) is 6.10 Å². The van der Waals surface area contributed by atoms with Crippen molar-refractivity contribution in [1.29, 1.82) is 0 Å². The first-order valence-corrected chi connectivity index (χ1v) is 5.26. The fourth-order valence-corrected chi connectivity index (χ4v) is 1.28. The van der Waals surface area contributed by atoms with E-state index in [1.165, 1.54) is 0 Å². The minimum absolute atomic E-state index is 0.144. The van der Waals surface area contributed by atoms with Gasteiger partial charge in [0.25, 0.3) is 0 Å². The molecule has 1 aromatic rings. The zero-order chi connectivity index (χ0) is 11.1. The molecule has 15 heavy (non-hydrogen) atoms. The van der Waals surface area contributed by atoms with Crippen molar-refractivity contribution in [1.82, 2.24) is 0 Å². The summed E-state index contributed by atoms with van der Waals surface area (Å²) in [5.41, 5.74) is 1.16. The van der Waals surface area contributed by atoms with Crippen LogP contribution in [-0.2, 0) is 0 Å². The maximum atomic E-state index is 9.67. The summed E-state index contributed by atoms with van der Waals surface area (Å²) in [5.74, 6) is 0.144. The highest BCUT2D eigenvalue weighted by atomic mass is 16.3. The van der Waals surface area contributed by atoms with Gasteiger partial charge in [0.2, 0.25) is 0 Å². The van der Waals surface area contributed by atoms with Gasteiger partial charge in [-0.05, 0) is 17.9 Å². The van der Waals surface area contributed by atoms with Crippen molar-refractivity contribution in [2.24, 2.45) is 5.92 Å². The number of rotatable bonds is 5. The quantitative estimate of drug-likeness (QED) is 0.726. The van der Waals surface area contributed by atoms with Crippen molar-refractivity contribution in [3.05, 3.63) is 54.6 Å². The third-order valence-electron chi connectivity index (χ3n) is 2.47. The predicted octanol–water partition coefficient (Wildman–Crippen LogP) is 3.27. The van der Waals surface area contributed by atoms with Gasteiger partial charge in [0, 0.05) is 0 Å². The molecule has 0 aliphatic carbocycles. The molecule has 1 aromatic carbocycles. The second-order valence-electron chi connectivity index (χ2n) is 3.71. The molecule has 1 heteroatoms. The van der Waals surface area contributed by atoms with Crippen LogP contribution in [0.25, 0.3) is 6.08 Å². The molecule has 0 saturated carbocycles. The topological polar surface area (TPSA) is 20.2 Å². The molecule has 0 radical (unpaired) electrons. The zero-order valence-electron chi connectivity index (χ0n) is 9.13. The van der Waals surface area contributed by atoms with Crippen molar-refractivity contribution in [2.75, 3.05) is 0 Å². The van der Waals surface area contributed by atoms with Gasteiger partial charge in [-0.1, -0.05) is 55.5 Å². The van der Waals surface area contributed by atoms with E-state index in [-0.39, 0.29) is 12.0 Å². The first kappa shape index (κ1) is 11.7. The molecule has 2 atom stereocenters. The molecule has 1 N–H and O–H groups in total. The Morgan fingerprint density at radius 1 is 1.33 bits per heavy atom. The van der Waals surface area contributed by atoms with E-state index in [0.717, 1.165) is 5.56 Å². The molecular formula is C14H18O. The molecule has 0 heterocycles. The first-order chi connectivity index (χ1) is 7.24. The lowest BCUT2D eigenvalue weighted by atomic mass is 10.0. The van der Waals surface area contributed by atoms with Crippen LogP contribution in [-0.4, -0.2) is 11.2 Å². The van der Waals surface area contributed by atoms with Gasteiger partial charge in [0.1, 0.15) is 0 Å². The summed E-state index contributed by atoms with van der Waals surface area (Å²) in [6, 6.07) is 10.1. The molecule has 80 valence electrons. The molecule has 0 aromatic heterocycles. The van der Waals surface area contributed by atoms with Crippen LogP contribution in [0.4, 0.5) is 0 Å². The summed E-state index contributed by atoms with van der Waals surface area (Å²) in [6.07, 6.45) is 6.14. The molecule has 0 bridgehead atoms. The summed E-state index contributed by atoms with van der Waals surface area (Å²) >= 11 is 0. The molecule has 0 saturated heterocycles. The smallest absolute Gasteiger partial charge is 0.0634 e. The Morgan fingerprint density at radius 3 is 2.60 bits per heavy atom. The van der Waals surface area contributed by atoms with Gasteiger partial charge < -0.3 is 5.11 Å². The van der Waals surface area contributed by atoms with E-state index in [4.69, 9.17) is 0 Å². The monoisotopic (exact) mass is 202 g/mol. The number of benzene rings is 1. The fraction of sp³-hybridized carbons (Fsp3) is 0.286. The minimum atomic E-state index is -0.331. The van der Waals surface area contributed by atoms with E-state index in [1.807, 2.05) is 49.4 Å². The summed E-state index contributed by atoms with van der Waals surface area (Å²) in [5, 5.41) is 9.67. The Balaban J connectivity index is 2.43. The van der Waals surface area contributed by atoms with Crippen LogP contribution in [0.15, 0.2) is 49.1 Å². The van der Waals surface area contributed by atoms with E-state index in [0.29, 0.717) is 6.42 Å². The van der Waals surface area contributed by atoms with Crippen LogP contribution >= 0.6 is 0 Å². The molecule has 0 spiro atoms. The molecule has 0 aliphatic heterocycles. The van der Waals surface area contributed by atoms with Crippen LogP contribution in [0, 0.1) is 5.92 Å². The lowest BCUT2D eigenvalue weighted by molar-refractivity contribution is 0.141. The fourth-order valence-electron chi connectivity index (χ4n) is 1.28. The maximum Gasteiger partial charge on any atom is 0.0634 e. The number of aliphatic hydroxyl groups is 1. The van der Waals surface area contributed by atoms with Gasteiger partial charge in [-0.25, -0.2) is 0 Å². The van der Waals surface area contributed by atoms with Crippen LogP contribution in [0.1, 0.15) is 18.9 Å². The lowest BCUT2D eigenvalue weighted by Crippen LogP contribution is -2.13. The summed E-state index contributed by atoms with van der Waals surface area (Å²) < 4.78 is 0. The predicted molar refractivity (Wildman–Crippen MR) is 65.5 cm³/mol. The van der Waals surface area contributed by atoms with E-state index in [9.17, 15) is 5.11 Å². The molecule has 1 rings (SSSR count). The third-order valence-corrected chi connectivity index (χ3v) is 2.47. The summed E-state index contributed by atoms with van der Waals surface area (Å²) in [7, 11) is 0. The lowest BCUT2D eigenvalue weighted by Gasteiger charge is -2.12. The van der Waals surface area contributed by atoms with Crippen molar-refractivity contribution in [3.63, 3.8) is 0 Å². The van der Waals surface area contributed by atoms with E-state index in [2.05, 4.69) is 6.58 Å². The summed E-state index contributed by atoms with van der Waals surface area (Å²) in [6.45, 7) is 5.63. The van der Waals surface area contributed by atoms with E-state index >= 15 is 0 Å². The third kappa shape index (κ3) is 4.13. The Kier molecular flexibility index (Phi) is 4.85. The highest BCUT2D eigenvalue weighted by Gasteiger charge is 2.07. The minimum Gasteiger partial charge on any atom is -0.392 e. The van der Waals surface area contributed by atoms with Crippen molar-refractivity contribution in [3.8, 4) is 0 Å². The molecular weight excluding hydrogens is 184 g/mol. The number of aliphatic hydroxyl groups excluding tert-OH is 1. The van der Waals surface area contributed by atoms with Crippen molar-refractivity contribution < 1.29 is 5.11 Å². The Labute approximate surface area is 91.8 Å². The molecule has 1 nitrogen and oxygen atoms in total. The maximum absolute atomic E-state index is 9.67. The first-order valence-electron chi connectivity index (χ1n) is 5.26. The van der Waals surface area contributed by atoms with Gasteiger partial charge in [-0.15, -0.1) is 6.58 Å². The van der Waals surface area contributed by atoms with Crippen LogP contribution in [0.3, 0.4) is 0 Å². The molecule has 0 unspecified atom stereocenters. The van der Waals surface area contributed by atoms with Gasteiger partial charge in [-0.2, -0.15) is 0 Å². The van der Waals surface area contributed by atoms with Crippen LogP contribution in [0.5, 0.6) is 0 Å². The van der Waals surface area contributed by atoms with Gasteiger partial charge >= 0.3 is 0 Å². The SMILES string of the molecule is C=C[C@H](C)[C@@H](O)C/C=C/c1ccccc1. The Hall–Kier alpha value is -1.34. The second-order valence-corrected chi connectivity index (χ2v) is 3.71. The number of hydrogen-bond donors (Lipinski definition) is 1. The summed E-state index contributed by atoms with van der Waals surface area (Å²) in [4.78, 5) is 0.